The Morgan fingerprint density at radius 3 is 3.00 bits per heavy atom. The third kappa shape index (κ3) is 1.90. The standard InChI is InChI=1S/C10H10N2O3/c1-7-2-3-11-12(7)5-9-4-8(6-15-9)10(13)14/h2-4,6H,5H2,1H3,(H,13,14). The molecule has 0 amide bonds. The number of furan rings is 1. The largest absolute Gasteiger partial charge is 0.478 e. The number of aromatic nitrogens is 2. The van der Waals surface area contributed by atoms with Crippen LogP contribution in [0.25, 0.3) is 0 Å². The molecule has 15 heavy (non-hydrogen) atoms. The first-order valence-electron chi connectivity index (χ1n) is 4.46. The molecule has 0 aliphatic heterocycles. The van der Waals surface area contributed by atoms with Crippen molar-refractivity contribution in [3.8, 4) is 0 Å². The molecule has 0 aromatic carbocycles. The van der Waals surface area contributed by atoms with Crippen LogP contribution in [-0.4, -0.2) is 20.9 Å². The summed E-state index contributed by atoms with van der Waals surface area (Å²) < 4.78 is 6.85. The van der Waals surface area contributed by atoms with E-state index in [1.165, 1.54) is 12.3 Å². The van der Waals surface area contributed by atoms with Gasteiger partial charge < -0.3 is 9.52 Å². The minimum absolute atomic E-state index is 0.162. The molecule has 5 nitrogen and oxygen atoms in total. The van der Waals surface area contributed by atoms with Gasteiger partial charge in [0.2, 0.25) is 0 Å². The summed E-state index contributed by atoms with van der Waals surface area (Å²) in [7, 11) is 0. The number of carboxylic acids is 1. The lowest BCUT2D eigenvalue weighted by Crippen LogP contribution is -2.02. The summed E-state index contributed by atoms with van der Waals surface area (Å²) in [6.45, 7) is 2.38. The molecule has 2 aromatic rings. The van der Waals surface area contributed by atoms with Gasteiger partial charge in [0.05, 0.1) is 12.1 Å². The minimum atomic E-state index is -0.984. The first kappa shape index (κ1) is 9.51. The van der Waals surface area contributed by atoms with E-state index in [4.69, 9.17) is 9.52 Å². The van der Waals surface area contributed by atoms with Crippen molar-refractivity contribution in [1.82, 2.24) is 9.78 Å². The highest BCUT2D eigenvalue weighted by atomic mass is 16.4. The summed E-state index contributed by atoms with van der Waals surface area (Å²) in [6, 6.07) is 3.38. The first-order chi connectivity index (χ1) is 7.16. The molecule has 0 fully saturated rings. The van der Waals surface area contributed by atoms with Gasteiger partial charge in [0.15, 0.2) is 0 Å². The Kier molecular flexibility index (Phi) is 2.29. The van der Waals surface area contributed by atoms with Crippen LogP contribution >= 0.6 is 0 Å². The van der Waals surface area contributed by atoms with Crippen LogP contribution in [-0.2, 0) is 6.54 Å². The highest BCUT2D eigenvalue weighted by molar-refractivity contribution is 5.87. The molecule has 2 heterocycles. The summed E-state index contributed by atoms with van der Waals surface area (Å²) >= 11 is 0. The Labute approximate surface area is 85.9 Å². The topological polar surface area (TPSA) is 68.3 Å². The molecule has 0 saturated heterocycles. The monoisotopic (exact) mass is 206 g/mol. The minimum Gasteiger partial charge on any atom is -0.478 e. The van der Waals surface area contributed by atoms with Crippen molar-refractivity contribution < 1.29 is 14.3 Å². The van der Waals surface area contributed by atoms with Gasteiger partial charge in [-0.1, -0.05) is 0 Å². The number of nitrogens with zero attached hydrogens (tertiary/aromatic N) is 2. The Hall–Kier alpha value is -2.04. The summed E-state index contributed by atoms with van der Waals surface area (Å²) in [5.41, 5.74) is 1.16. The fraction of sp³-hybridized carbons (Fsp3) is 0.200. The second kappa shape index (κ2) is 3.61. The zero-order valence-electron chi connectivity index (χ0n) is 8.17. The normalized spacial score (nSPS) is 10.5. The number of carboxylic acid groups (broad SMARTS) is 1. The SMILES string of the molecule is Cc1ccnn1Cc1cc(C(=O)O)co1. The van der Waals surface area contributed by atoms with Crippen LogP contribution in [0.1, 0.15) is 21.8 Å². The van der Waals surface area contributed by atoms with E-state index in [2.05, 4.69) is 5.10 Å². The molecular weight excluding hydrogens is 196 g/mol. The van der Waals surface area contributed by atoms with Crippen LogP contribution in [0.5, 0.6) is 0 Å². The molecule has 2 aromatic heterocycles. The molecule has 1 N–H and O–H groups in total. The van der Waals surface area contributed by atoms with E-state index in [0.29, 0.717) is 12.3 Å². The lowest BCUT2D eigenvalue weighted by molar-refractivity contribution is 0.0696. The van der Waals surface area contributed by atoms with Gasteiger partial charge in [-0.2, -0.15) is 5.10 Å². The molecule has 5 heteroatoms. The van der Waals surface area contributed by atoms with Crippen molar-refractivity contribution in [3.63, 3.8) is 0 Å². The predicted octanol–water partition coefficient (Wildman–Crippen LogP) is 1.53. The van der Waals surface area contributed by atoms with Crippen molar-refractivity contribution in [3.05, 3.63) is 41.6 Å². The molecule has 0 unspecified atom stereocenters. The van der Waals surface area contributed by atoms with Crippen molar-refractivity contribution in [1.29, 1.82) is 0 Å². The van der Waals surface area contributed by atoms with E-state index in [1.807, 2.05) is 13.0 Å². The van der Waals surface area contributed by atoms with Crippen molar-refractivity contribution >= 4 is 5.97 Å². The van der Waals surface area contributed by atoms with Crippen LogP contribution < -0.4 is 0 Å². The Bertz CT molecular complexity index is 484. The van der Waals surface area contributed by atoms with Gasteiger partial charge in [-0.25, -0.2) is 4.79 Å². The van der Waals surface area contributed by atoms with Gasteiger partial charge in [-0.15, -0.1) is 0 Å². The quantitative estimate of drug-likeness (QED) is 0.826. The van der Waals surface area contributed by atoms with Crippen LogP contribution in [0.3, 0.4) is 0 Å². The third-order valence-corrected chi connectivity index (χ3v) is 2.14. The summed E-state index contributed by atoms with van der Waals surface area (Å²) in [6.07, 6.45) is 2.92. The molecule has 0 saturated carbocycles. The summed E-state index contributed by atoms with van der Waals surface area (Å²) in [5.74, 6) is -0.401. The van der Waals surface area contributed by atoms with E-state index in [0.717, 1.165) is 5.69 Å². The maximum absolute atomic E-state index is 10.6. The van der Waals surface area contributed by atoms with Crippen LogP contribution in [0, 0.1) is 6.92 Å². The summed E-state index contributed by atoms with van der Waals surface area (Å²) in [4.78, 5) is 10.6. The molecule has 0 spiro atoms. The zero-order chi connectivity index (χ0) is 10.8. The number of aromatic carboxylic acids is 1. The number of carbonyl (C=O) groups is 1. The average Bonchev–Trinajstić information content (AvgIpc) is 2.77. The maximum Gasteiger partial charge on any atom is 0.338 e. The zero-order valence-corrected chi connectivity index (χ0v) is 8.17. The molecule has 2 rings (SSSR count). The predicted molar refractivity (Wildman–Crippen MR) is 51.7 cm³/mol. The second-order valence-corrected chi connectivity index (χ2v) is 3.24. The van der Waals surface area contributed by atoms with Gasteiger partial charge in [0, 0.05) is 11.9 Å². The van der Waals surface area contributed by atoms with Gasteiger partial charge in [0.25, 0.3) is 0 Å². The smallest absolute Gasteiger partial charge is 0.338 e. The highest BCUT2D eigenvalue weighted by Gasteiger charge is 2.09. The van der Waals surface area contributed by atoms with E-state index < -0.39 is 5.97 Å². The molecule has 78 valence electrons. The Balaban J connectivity index is 2.18. The van der Waals surface area contributed by atoms with Crippen LogP contribution in [0.15, 0.2) is 29.0 Å². The molecule has 0 radical (unpaired) electrons. The third-order valence-electron chi connectivity index (χ3n) is 2.14. The molecule has 0 aliphatic carbocycles. The van der Waals surface area contributed by atoms with E-state index in [1.54, 1.807) is 10.9 Å². The molecule has 0 bridgehead atoms. The number of hydrogen-bond acceptors (Lipinski definition) is 3. The lowest BCUT2D eigenvalue weighted by atomic mass is 10.3. The Morgan fingerprint density at radius 2 is 2.47 bits per heavy atom. The number of hydrogen-bond donors (Lipinski definition) is 1. The molecular formula is C10H10N2O3. The van der Waals surface area contributed by atoms with Gasteiger partial charge in [0.1, 0.15) is 12.0 Å². The Morgan fingerprint density at radius 1 is 1.67 bits per heavy atom. The number of aryl methyl sites for hydroxylation is 1. The van der Waals surface area contributed by atoms with Gasteiger partial charge in [-0.05, 0) is 19.1 Å². The van der Waals surface area contributed by atoms with Crippen molar-refractivity contribution in [2.24, 2.45) is 0 Å². The molecule has 0 atom stereocenters. The van der Waals surface area contributed by atoms with E-state index >= 15 is 0 Å². The molecule has 0 aliphatic rings. The summed E-state index contributed by atoms with van der Waals surface area (Å²) in [5, 5.41) is 12.8. The van der Waals surface area contributed by atoms with Crippen LogP contribution in [0.2, 0.25) is 0 Å². The van der Waals surface area contributed by atoms with Crippen LogP contribution in [0.4, 0.5) is 0 Å². The maximum atomic E-state index is 10.6. The van der Waals surface area contributed by atoms with Crippen molar-refractivity contribution in [2.45, 2.75) is 13.5 Å². The lowest BCUT2D eigenvalue weighted by Gasteiger charge is -1.99. The van der Waals surface area contributed by atoms with Gasteiger partial charge in [-0.3, -0.25) is 4.68 Å². The first-order valence-corrected chi connectivity index (χ1v) is 4.46. The van der Waals surface area contributed by atoms with E-state index in [-0.39, 0.29) is 5.56 Å². The van der Waals surface area contributed by atoms with E-state index in [9.17, 15) is 4.79 Å². The fourth-order valence-corrected chi connectivity index (χ4v) is 1.29. The second-order valence-electron chi connectivity index (χ2n) is 3.24. The van der Waals surface area contributed by atoms with Crippen molar-refractivity contribution in [2.75, 3.05) is 0 Å². The fourth-order valence-electron chi connectivity index (χ4n) is 1.29. The highest BCUT2D eigenvalue weighted by Crippen LogP contribution is 2.10. The number of rotatable bonds is 3. The van der Waals surface area contributed by atoms with Gasteiger partial charge >= 0.3 is 5.97 Å². The average molecular weight is 206 g/mol.